The number of aromatic nitrogens is 1. The predicted octanol–water partition coefficient (Wildman–Crippen LogP) is 3.45. The number of hydrogen-bond donors (Lipinski definition) is 0. The molecule has 120 valence electrons. The van der Waals surface area contributed by atoms with Crippen LogP contribution in [0.4, 0.5) is 0 Å². The summed E-state index contributed by atoms with van der Waals surface area (Å²) in [4.78, 5) is 0.388. The van der Waals surface area contributed by atoms with Gasteiger partial charge >= 0.3 is 0 Å². The van der Waals surface area contributed by atoms with Crippen molar-refractivity contribution >= 4 is 21.6 Å². The second-order valence-corrected chi connectivity index (χ2v) is 8.22. The first-order chi connectivity index (χ1) is 9.91. The SMILES string of the molecule is CCCn1cc(S(=O)(=O)N2CCCC2C(C)C)cc1CCl. The Balaban J connectivity index is 2.35. The zero-order chi connectivity index (χ0) is 15.6. The second-order valence-electron chi connectivity index (χ2n) is 6.06. The van der Waals surface area contributed by atoms with Crippen LogP contribution < -0.4 is 0 Å². The Morgan fingerprint density at radius 3 is 2.71 bits per heavy atom. The molecule has 6 heteroatoms. The van der Waals surface area contributed by atoms with Crippen molar-refractivity contribution in [3.63, 3.8) is 0 Å². The fraction of sp³-hybridized carbons (Fsp3) is 0.733. The van der Waals surface area contributed by atoms with Crippen LogP contribution in [0, 0.1) is 5.92 Å². The van der Waals surface area contributed by atoms with Crippen molar-refractivity contribution in [2.45, 2.75) is 63.4 Å². The molecule has 1 aliphatic heterocycles. The van der Waals surface area contributed by atoms with E-state index in [1.807, 2.05) is 4.57 Å². The van der Waals surface area contributed by atoms with Gasteiger partial charge in [-0.2, -0.15) is 4.31 Å². The maximum absolute atomic E-state index is 12.9. The van der Waals surface area contributed by atoms with Gasteiger partial charge in [0.25, 0.3) is 0 Å². The molecule has 0 amide bonds. The minimum atomic E-state index is -3.41. The summed E-state index contributed by atoms with van der Waals surface area (Å²) >= 11 is 5.94. The summed E-state index contributed by atoms with van der Waals surface area (Å²) in [7, 11) is -3.41. The quantitative estimate of drug-likeness (QED) is 0.749. The molecule has 0 saturated carbocycles. The van der Waals surface area contributed by atoms with Gasteiger partial charge in [-0.3, -0.25) is 0 Å². The van der Waals surface area contributed by atoms with Crippen molar-refractivity contribution in [2.75, 3.05) is 6.54 Å². The number of rotatable bonds is 6. The van der Waals surface area contributed by atoms with Crippen LogP contribution in [0.5, 0.6) is 0 Å². The van der Waals surface area contributed by atoms with E-state index in [9.17, 15) is 8.42 Å². The van der Waals surface area contributed by atoms with E-state index in [1.54, 1.807) is 16.6 Å². The van der Waals surface area contributed by atoms with Crippen LogP contribution in [0.15, 0.2) is 17.2 Å². The Bertz CT molecular complexity index is 580. The lowest BCUT2D eigenvalue weighted by atomic mass is 10.0. The smallest absolute Gasteiger partial charge is 0.244 e. The summed E-state index contributed by atoms with van der Waals surface area (Å²) in [6.07, 6.45) is 4.59. The summed E-state index contributed by atoms with van der Waals surface area (Å²) in [5.41, 5.74) is 0.873. The summed E-state index contributed by atoms with van der Waals surface area (Å²) in [6.45, 7) is 7.67. The first-order valence-electron chi connectivity index (χ1n) is 7.68. The van der Waals surface area contributed by atoms with Gasteiger partial charge in [0.1, 0.15) is 4.90 Å². The number of nitrogens with zero attached hydrogens (tertiary/aromatic N) is 2. The molecule has 0 radical (unpaired) electrons. The minimum Gasteiger partial charge on any atom is -0.349 e. The molecule has 0 bridgehead atoms. The fourth-order valence-electron chi connectivity index (χ4n) is 3.09. The van der Waals surface area contributed by atoms with E-state index in [2.05, 4.69) is 20.8 Å². The highest BCUT2D eigenvalue weighted by Crippen LogP contribution is 2.31. The monoisotopic (exact) mass is 332 g/mol. The first kappa shape index (κ1) is 16.8. The Morgan fingerprint density at radius 2 is 2.14 bits per heavy atom. The highest BCUT2D eigenvalue weighted by Gasteiger charge is 2.37. The van der Waals surface area contributed by atoms with E-state index in [-0.39, 0.29) is 6.04 Å². The lowest BCUT2D eigenvalue weighted by molar-refractivity contribution is 0.315. The summed E-state index contributed by atoms with van der Waals surface area (Å²) in [5.74, 6) is 0.677. The van der Waals surface area contributed by atoms with Gasteiger partial charge in [0.05, 0.1) is 5.88 Å². The van der Waals surface area contributed by atoms with Crippen molar-refractivity contribution < 1.29 is 8.42 Å². The molecule has 1 aromatic heterocycles. The van der Waals surface area contributed by atoms with Crippen molar-refractivity contribution in [3.8, 4) is 0 Å². The van der Waals surface area contributed by atoms with E-state index in [4.69, 9.17) is 11.6 Å². The van der Waals surface area contributed by atoms with Crippen LogP contribution in [0.2, 0.25) is 0 Å². The minimum absolute atomic E-state index is 0.115. The van der Waals surface area contributed by atoms with E-state index in [0.717, 1.165) is 31.5 Å². The van der Waals surface area contributed by atoms with Gasteiger partial charge in [-0.15, -0.1) is 11.6 Å². The van der Waals surface area contributed by atoms with Crippen LogP contribution in [0.1, 0.15) is 45.7 Å². The van der Waals surface area contributed by atoms with Crippen molar-refractivity contribution in [2.24, 2.45) is 5.92 Å². The highest BCUT2D eigenvalue weighted by molar-refractivity contribution is 7.89. The van der Waals surface area contributed by atoms with Crippen LogP contribution in [-0.2, 0) is 22.4 Å². The zero-order valence-electron chi connectivity index (χ0n) is 13.0. The second kappa shape index (κ2) is 6.71. The van der Waals surface area contributed by atoms with E-state index >= 15 is 0 Å². The molecule has 4 nitrogen and oxygen atoms in total. The Kier molecular flexibility index (Phi) is 5.38. The van der Waals surface area contributed by atoms with Crippen LogP contribution in [0.25, 0.3) is 0 Å². The van der Waals surface area contributed by atoms with Crippen molar-refractivity contribution in [3.05, 3.63) is 18.0 Å². The average Bonchev–Trinajstić information content (AvgIpc) is 3.05. The summed E-state index contributed by atoms with van der Waals surface area (Å²) in [5, 5.41) is 0. The normalized spacial score (nSPS) is 20.5. The third kappa shape index (κ3) is 3.30. The third-order valence-electron chi connectivity index (χ3n) is 4.19. The molecule has 21 heavy (non-hydrogen) atoms. The van der Waals surface area contributed by atoms with Gasteiger partial charge in [0.2, 0.25) is 10.0 Å². The maximum atomic E-state index is 12.9. The molecule has 2 rings (SSSR count). The van der Waals surface area contributed by atoms with Gasteiger partial charge < -0.3 is 4.57 Å². The van der Waals surface area contributed by atoms with Crippen LogP contribution >= 0.6 is 11.6 Å². The Labute approximate surface area is 133 Å². The molecule has 1 fully saturated rings. The molecule has 1 atom stereocenters. The predicted molar refractivity (Wildman–Crippen MR) is 86.0 cm³/mol. The lowest BCUT2D eigenvalue weighted by Gasteiger charge is -2.26. The van der Waals surface area contributed by atoms with Gasteiger partial charge in [-0.25, -0.2) is 8.42 Å². The maximum Gasteiger partial charge on any atom is 0.244 e. The molecular weight excluding hydrogens is 308 g/mol. The molecule has 1 aliphatic rings. The number of halogens is 1. The summed E-state index contributed by atoms with van der Waals surface area (Å²) in [6, 6.07) is 1.84. The molecule has 0 aliphatic carbocycles. The van der Waals surface area contributed by atoms with Gasteiger partial charge in [0, 0.05) is 31.0 Å². The van der Waals surface area contributed by atoms with E-state index in [1.165, 1.54) is 0 Å². The molecule has 1 aromatic rings. The highest BCUT2D eigenvalue weighted by atomic mass is 35.5. The van der Waals surface area contributed by atoms with Gasteiger partial charge in [-0.1, -0.05) is 20.8 Å². The standard InChI is InChI=1S/C15H25ClN2O2S/c1-4-7-17-11-14(9-13(17)10-16)21(19,20)18-8-5-6-15(18)12(2)3/h9,11-12,15H,4-8,10H2,1-3H3. The third-order valence-corrected chi connectivity index (χ3v) is 6.35. The number of hydrogen-bond acceptors (Lipinski definition) is 2. The molecule has 2 heterocycles. The topological polar surface area (TPSA) is 42.3 Å². The molecule has 0 N–H and O–H groups in total. The Morgan fingerprint density at radius 1 is 1.43 bits per heavy atom. The van der Waals surface area contributed by atoms with Crippen LogP contribution in [0.3, 0.4) is 0 Å². The number of aryl methyl sites for hydroxylation is 1. The molecule has 0 aromatic carbocycles. The van der Waals surface area contributed by atoms with Crippen molar-refractivity contribution in [1.82, 2.24) is 8.87 Å². The molecule has 0 spiro atoms. The number of sulfonamides is 1. The zero-order valence-corrected chi connectivity index (χ0v) is 14.6. The fourth-order valence-corrected chi connectivity index (χ4v) is 5.21. The largest absolute Gasteiger partial charge is 0.349 e. The van der Waals surface area contributed by atoms with Crippen LogP contribution in [-0.4, -0.2) is 29.9 Å². The average molecular weight is 333 g/mol. The van der Waals surface area contributed by atoms with Gasteiger partial charge in [-0.05, 0) is 31.2 Å². The van der Waals surface area contributed by atoms with Crippen molar-refractivity contribution in [1.29, 1.82) is 0 Å². The van der Waals surface area contributed by atoms with E-state index in [0.29, 0.717) is 23.2 Å². The van der Waals surface area contributed by atoms with Gasteiger partial charge in [0.15, 0.2) is 0 Å². The Hall–Kier alpha value is -0.520. The molecule has 1 unspecified atom stereocenters. The van der Waals surface area contributed by atoms with E-state index < -0.39 is 10.0 Å². The first-order valence-corrected chi connectivity index (χ1v) is 9.66. The molecule has 1 saturated heterocycles. The molecular formula is C15H25ClN2O2S. The number of alkyl halides is 1. The lowest BCUT2D eigenvalue weighted by Crippen LogP contribution is -2.38. The summed E-state index contributed by atoms with van der Waals surface area (Å²) < 4.78 is 29.4.